The van der Waals surface area contributed by atoms with Crippen LogP contribution in [0, 0.1) is 20.8 Å². The zero-order valence-corrected chi connectivity index (χ0v) is 15.8. The van der Waals surface area contributed by atoms with Gasteiger partial charge in [-0.2, -0.15) is 0 Å². The molecule has 0 aliphatic heterocycles. The standard InChI is InChI=1S/C25H25N/c1-16-11-12-23-21(13-16)15-24(26-23)22-10-6-9-20(22)14-19(4)25-17(2)7-5-8-18(25)3/h5,7-13,15,26H,4,6,14H2,1-3H3. The van der Waals surface area contributed by atoms with E-state index in [1.807, 2.05) is 0 Å². The highest BCUT2D eigenvalue weighted by atomic mass is 14.7. The smallest absolute Gasteiger partial charge is 0.0464 e. The molecule has 3 aromatic rings. The number of aromatic amines is 1. The van der Waals surface area contributed by atoms with Gasteiger partial charge in [-0.25, -0.2) is 0 Å². The van der Waals surface area contributed by atoms with Crippen molar-refractivity contribution in [3.8, 4) is 0 Å². The second kappa shape index (κ2) is 6.49. The van der Waals surface area contributed by atoms with Gasteiger partial charge in [0, 0.05) is 16.6 Å². The summed E-state index contributed by atoms with van der Waals surface area (Å²) in [6.45, 7) is 10.9. The van der Waals surface area contributed by atoms with Crippen molar-refractivity contribution in [3.05, 3.63) is 94.7 Å². The average molecular weight is 339 g/mol. The van der Waals surface area contributed by atoms with Crippen molar-refractivity contribution in [2.45, 2.75) is 33.6 Å². The number of H-pyrrole nitrogens is 1. The van der Waals surface area contributed by atoms with E-state index in [1.54, 1.807) is 0 Å². The van der Waals surface area contributed by atoms with Crippen LogP contribution in [-0.2, 0) is 0 Å². The minimum absolute atomic E-state index is 0.895. The number of fused-ring (bicyclic) bond motifs is 1. The third-order valence-corrected chi connectivity index (χ3v) is 5.34. The second-order valence-electron chi connectivity index (χ2n) is 7.40. The van der Waals surface area contributed by atoms with Crippen LogP contribution >= 0.6 is 0 Å². The third kappa shape index (κ3) is 2.94. The number of hydrogen-bond donors (Lipinski definition) is 1. The Morgan fingerprint density at radius 3 is 2.54 bits per heavy atom. The molecule has 0 radical (unpaired) electrons. The van der Waals surface area contributed by atoms with E-state index in [0.29, 0.717) is 0 Å². The maximum absolute atomic E-state index is 4.41. The van der Waals surface area contributed by atoms with Gasteiger partial charge in [-0.3, -0.25) is 0 Å². The molecule has 0 saturated heterocycles. The second-order valence-corrected chi connectivity index (χ2v) is 7.40. The van der Waals surface area contributed by atoms with E-state index in [1.165, 1.54) is 55.6 Å². The van der Waals surface area contributed by atoms with Crippen LogP contribution in [0.2, 0.25) is 0 Å². The first-order chi connectivity index (χ1) is 12.5. The van der Waals surface area contributed by atoms with Crippen LogP contribution < -0.4 is 0 Å². The zero-order valence-electron chi connectivity index (χ0n) is 15.8. The van der Waals surface area contributed by atoms with Crippen molar-refractivity contribution in [2.75, 3.05) is 0 Å². The molecule has 1 nitrogen and oxygen atoms in total. The molecular weight excluding hydrogens is 314 g/mol. The Morgan fingerprint density at radius 2 is 1.77 bits per heavy atom. The summed E-state index contributed by atoms with van der Waals surface area (Å²) in [5, 5.41) is 1.28. The predicted octanol–water partition coefficient (Wildman–Crippen LogP) is 6.91. The minimum atomic E-state index is 0.895. The summed E-state index contributed by atoms with van der Waals surface area (Å²) in [4.78, 5) is 3.59. The maximum Gasteiger partial charge on any atom is 0.0464 e. The largest absolute Gasteiger partial charge is 0.355 e. The first kappa shape index (κ1) is 16.7. The van der Waals surface area contributed by atoms with Crippen LogP contribution in [0.1, 0.15) is 40.8 Å². The van der Waals surface area contributed by atoms with E-state index in [2.05, 4.69) is 87.0 Å². The predicted molar refractivity (Wildman–Crippen MR) is 113 cm³/mol. The van der Waals surface area contributed by atoms with Gasteiger partial charge in [0.05, 0.1) is 0 Å². The fourth-order valence-corrected chi connectivity index (χ4v) is 4.10. The highest BCUT2D eigenvalue weighted by Crippen LogP contribution is 2.37. The molecule has 4 rings (SSSR count). The number of rotatable bonds is 4. The summed E-state index contributed by atoms with van der Waals surface area (Å²) in [5.74, 6) is 0. The van der Waals surface area contributed by atoms with E-state index < -0.39 is 0 Å². The third-order valence-electron chi connectivity index (χ3n) is 5.34. The Morgan fingerprint density at radius 1 is 1.00 bits per heavy atom. The fourth-order valence-electron chi connectivity index (χ4n) is 4.10. The first-order valence-corrected chi connectivity index (χ1v) is 9.26. The normalized spacial score (nSPS) is 13.8. The Bertz CT molecular complexity index is 1050. The molecule has 0 atom stereocenters. The van der Waals surface area contributed by atoms with Crippen LogP contribution in [0.3, 0.4) is 0 Å². The van der Waals surface area contributed by atoms with Crippen LogP contribution in [0.15, 0.2) is 66.8 Å². The Kier molecular flexibility index (Phi) is 4.16. The highest BCUT2D eigenvalue weighted by Gasteiger charge is 2.17. The fraction of sp³-hybridized carbons (Fsp3) is 0.200. The molecule has 0 unspecified atom stereocenters. The lowest BCUT2D eigenvalue weighted by atomic mass is 9.90. The summed E-state index contributed by atoms with van der Waals surface area (Å²) in [7, 11) is 0. The lowest BCUT2D eigenvalue weighted by Crippen LogP contribution is -1.95. The molecule has 0 amide bonds. The van der Waals surface area contributed by atoms with Crippen LogP contribution in [0.5, 0.6) is 0 Å². The minimum Gasteiger partial charge on any atom is -0.355 e. The average Bonchev–Trinajstić information content (AvgIpc) is 3.20. The Hall–Kier alpha value is -2.80. The molecule has 2 aromatic carbocycles. The molecular formula is C25H25N. The lowest BCUT2D eigenvalue weighted by Gasteiger charge is -2.15. The first-order valence-electron chi connectivity index (χ1n) is 9.26. The molecule has 0 bridgehead atoms. The van der Waals surface area contributed by atoms with Crippen LogP contribution in [0.25, 0.3) is 22.0 Å². The number of nitrogens with one attached hydrogen (secondary N) is 1. The quantitative estimate of drug-likeness (QED) is 0.531. The SMILES string of the molecule is C=C(CC1=CCC=C1c1cc2cc(C)ccc2[nH]1)c1c(C)cccc1C. The zero-order chi connectivity index (χ0) is 18.3. The van der Waals surface area contributed by atoms with Crippen molar-refractivity contribution < 1.29 is 0 Å². The van der Waals surface area contributed by atoms with E-state index in [9.17, 15) is 0 Å². The van der Waals surface area contributed by atoms with Crippen LogP contribution in [0.4, 0.5) is 0 Å². The summed E-state index contributed by atoms with van der Waals surface area (Å²) in [5.41, 5.74) is 11.5. The monoisotopic (exact) mass is 339 g/mol. The summed E-state index contributed by atoms with van der Waals surface area (Å²) < 4.78 is 0. The lowest BCUT2D eigenvalue weighted by molar-refractivity contribution is 1.24. The number of aryl methyl sites for hydroxylation is 3. The number of hydrogen-bond acceptors (Lipinski definition) is 0. The van der Waals surface area contributed by atoms with Crippen molar-refractivity contribution in [3.63, 3.8) is 0 Å². The molecule has 1 N–H and O–H groups in total. The molecule has 130 valence electrons. The molecule has 0 fully saturated rings. The van der Waals surface area contributed by atoms with E-state index in [-0.39, 0.29) is 0 Å². The summed E-state index contributed by atoms with van der Waals surface area (Å²) in [6.07, 6.45) is 6.56. The molecule has 1 aliphatic rings. The maximum atomic E-state index is 4.41. The van der Waals surface area contributed by atoms with Gasteiger partial charge >= 0.3 is 0 Å². The molecule has 1 heterocycles. The van der Waals surface area contributed by atoms with Gasteiger partial charge in [-0.1, -0.05) is 48.6 Å². The molecule has 1 aromatic heterocycles. The van der Waals surface area contributed by atoms with E-state index >= 15 is 0 Å². The van der Waals surface area contributed by atoms with Crippen LogP contribution in [-0.4, -0.2) is 4.98 Å². The molecule has 1 heteroatoms. The molecule has 1 aliphatic carbocycles. The van der Waals surface area contributed by atoms with Crippen molar-refractivity contribution in [2.24, 2.45) is 0 Å². The van der Waals surface area contributed by atoms with Gasteiger partial charge in [0.25, 0.3) is 0 Å². The van der Waals surface area contributed by atoms with Gasteiger partial charge in [0.2, 0.25) is 0 Å². The Balaban J connectivity index is 1.63. The Labute approximate surface area is 155 Å². The van der Waals surface area contributed by atoms with Gasteiger partial charge < -0.3 is 4.98 Å². The van der Waals surface area contributed by atoms with Gasteiger partial charge in [-0.05, 0) is 85.2 Å². The van der Waals surface area contributed by atoms with E-state index in [0.717, 1.165) is 12.8 Å². The molecule has 0 spiro atoms. The van der Waals surface area contributed by atoms with E-state index in [4.69, 9.17) is 0 Å². The number of allylic oxidation sites excluding steroid dienone is 5. The number of benzene rings is 2. The molecule has 0 saturated carbocycles. The van der Waals surface area contributed by atoms with Crippen molar-refractivity contribution in [1.29, 1.82) is 0 Å². The van der Waals surface area contributed by atoms with Gasteiger partial charge in [0.1, 0.15) is 0 Å². The van der Waals surface area contributed by atoms with Crippen molar-refractivity contribution >= 4 is 22.0 Å². The van der Waals surface area contributed by atoms with Gasteiger partial charge in [0.15, 0.2) is 0 Å². The van der Waals surface area contributed by atoms with Gasteiger partial charge in [-0.15, -0.1) is 0 Å². The molecule has 26 heavy (non-hydrogen) atoms. The topological polar surface area (TPSA) is 15.8 Å². The number of aromatic nitrogens is 1. The summed E-state index contributed by atoms with van der Waals surface area (Å²) >= 11 is 0. The highest BCUT2D eigenvalue weighted by molar-refractivity contribution is 5.91. The van der Waals surface area contributed by atoms with Crippen molar-refractivity contribution in [1.82, 2.24) is 4.98 Å². The summed E-state index contributed by atoms with van der Waals surface area (Å²) in [6, 6.07) is 15.3.